The van der Waals surface area contributed by atoms with Gasteiger partial charge in [0.2, 0.25) is 0 Å². The number of anilines is 2. The molecule has 2 aromatic carbocycles. The normalized spacial score (nSPS) is 11.5. The van der Waals surface area contributed by atoms with Crippen LogP contribution in [0.1, 0.15) is 5.56 Å². The number of thiazole rings is 1. The highest BCUT2D eigenvalue weighted by Crippen LogP contribution is 2.30. The molecule has 10 heteroatoms. The number of benzene rings is 2. The van der Waals surface area contributed by atoms with Crippen LogP contribution in [0.25, 0.3) is 10.8 Å². The molecule has 2 aromatic heterocycles. The van der Waals surface area contributed by atoms with E-state index >= 15 is 0 Å². The van der Waals surface area contributed by atoms with E-state index < -0.39 is 20.7 Å². The number of fused-ring (bicyclic) bond motifs is 1. The molecular formula is C19H14ClFN4O2S2. The fourth-order valence-corrected chi connectivity index (χ4v) is 4.79. The summed E-state index contributed by atoms with van der Waals surface area (Å²) in [5.74, 6) is -0.795. The molecular weight excluding hydrogens is 435 g/mol. The molecule has 4 aromatic rings. The number of pyridine rings is 1. The number of hydrogen-bond donors (Lipinski definition) is 2. The molecule has 0 fully saturated rings. The van der Waals surface area contributed by atoms with Gasteiger partial charge in [0.25, 0.3) is 10.0 Å². The summed E-state index contributed by atoms with van der Waals surface area (Å²) in [5, 5.41) is 6.65. The predicted molar refractivity (Wildman–Crippen MR) is 113 cm³/mol. The van der Waals surface area contributed by atoms with Gasteiger partial charge in [-0.05, 0) is 29.1 Å². The Morgan fingerprint density at radius 3 is 2.86 bits per heavy atom. The Balaban J connectivity index is 1.59. The van der Waals surface area contributed by atoms with Crippen molar-refractivity contribution in [2.45, 2.75) is 11.4 Å². The van der Waals surface area contributed by atoms with Crippen molar-refractivity contribution >= 4 is 55.2 Å². The molecule has 0 unspecified atom stereocenters. The Hall–Kier alpha value is -2.75. The predicted octanol–water partition coefficient (Wildman–Crippen LogP) is 4.90. The smallest absolute Gasteiger partial charge is 0.266 e. The monoisotopic (exact) mass is 448 g/mol. The van der Waals surface area contributed by atoms with Crippen molar-refractivity contribution in [3.05, 3.63) is 76.1 Å². The largest absolute Gasteiger partial charge is 0.380 e. The van der Waals surface area contributed by atoms with E-state index in [1.807, 2.05) is 24.3 Å². The number of sulfonamides is 1. The first kappa shape index (κ1) is 19.6. The van der Waals surface area contributed by atoms with Crippen molar-refractivity contribution in [3.63, 3.8) is 0 Å². The van der Waals surface area contributed by atoms with Crippen LogP contribution < -0.4 is 10.0 Å². The minimum Gasteiger partial charge on any atom is -0.380 e. The van der Waals surface area contributed by atoms with Gasteiger partial charge in [-0.1, -0.05) is 29.8 Å². The number of rotatable bonds is 6. The summed E-state index contributed by atoms with van der Waals surface area (Å²) in [5.41, 5.74) is 2.71. The van der Waals surface area contributed by atoms with Gasteiger partial charge in [0.05, 0.1) is 16.2 Å². The summed E-state index contributed by atoms with van der Waals surface area (Å²) in [6.45, 7) is 0.366. The van der Waals surface area contributed by atoms with E-state index in [1.165, 1.54) is 22.2 Å². The highest BCUT2D eigenvalue weighted by Gasteiger charge is 2.22. The number of halogens is 2. The van der Waals surface area contributed by atoms with E-state index in [0.717, 1.165) is 28.5 Å². The molecule has 0 bridgehead atoms. The summed E-state index contributed by atoms with van der Waals surface area (Å²) in [7, 11) is -4.15. The minimum absolute atomic E-state index is 0.0865. The molecule has 0 aliphatic rings. The molecule has 0 aliphatic carbocycles. The van der Waals surface area contributed by atoms with Gasteiger partial charge in [0.15, 0.2) is 5.82 Å². The van der Waals surface area contributed by atoms with Gasteiger partial charge in [-0.15, -0.1) is 11.3 Å². The third-order valence-corrected chi connectivity index (χ3v) is 6.49. The SMILES string of the molecule is O=S(=O)(Nc1cscn1)c1cc(Cl)c(NCc2cccc3ccncc23)cc1F. The second-order valence-electron chi connectivity index (χ2n) is 6.11. The van der Waals surface area contributed by atoms with Crippen molar-refractivity contribution in [3.8, 4) is 0 Å². The summed E-state index contributed by atoms with van der Waals surface area (Å²) >= 11 is 7.44. The molecule has 148 valence electrons. The van der Waals surface area contributed by atoms with Crippen LogP contribution in [-0.2, 0) is 16.6 Å². The number of nitrogens with zero attached hydrogens (tertiary/aromatic N) is 2. The zero-order valence-corrected chi connectivity index (χ0v) is 17.2. The van der Waals surface area contributed by atoms with E-state index in [2.05, 4.69) is 20.0 Å². The van der Waals surface area contributed by atoms with E-state index in [0.29, 0.717) is 6.54 Å². The van der Waals surface area contributed by atoms with Gasteiger partial charge >= 0.3 is 0 Å². The lowest BCUT2D eigenvalue weighted by Crippen LogP contribution is -2.15. The van der Waals surface area contributed by atoms with Crippen molar-refractivity contribution in [2.75, 3.05) is 10.0 Å². The van der Waals surface area contributed by atoms with Crippen LogP contribution in [0.3, 0.4) is 0 Å². The van der Waals surface area contributed by atoms with Crippen LogP contribution in [0.4, 0.5) is 15.9 Å². The molecule has 0 amide bonds. The number of hydrogen-bond acceptors (Lipinski definition) is 6. The minimum atomic E-state index is -4.15. The Kier molecular flexibility index (Phi) is 5.35. The fraction of sp³-hybridized carbons (Fsp3) is 0.0526. The van der Waals surface area contributed by atoms with Crippen LogP contribution in [0.2, 0.25) is 5.02 Å². The first-order valence-electron chi connectivity index (χ1n) is 8.39. The zero-order chi connectivity index (χ0) is 20.4. The zero-order valence-electron chi connectivity index (χ0n) is 14.8. The van der Waals surface area contributed by atoms with Crippen LogP contribution in [-0.4, -0.2) is 18.4 Å². The topological polar surface area (TPSA) is 84.0 Å². The average Bonchev–Trinajstić information content (AvgIpc) is 3.20. The Bertz CT molecular complexity index is 1280. The van der Waals surface area contributed by atoms with Gasteiger partial charge in [-0.25, -0.2) is 17.8 Å². The summed E-state index contributed by atoms with van der Waals surface area (Å²) in [6.07, 6.45) is 3.47. The standard InChI is InChI=1S/C19H14ClFN4O2S2/c20-15-6-18(29(26,27)25-19-10-28-11-24-19)16(21)7-17(15)23-8-13-3-1-2-12-4-5-22-9-14(12)13/h1-7,9-11,23,25H,8H2. The Labute approximate surface area is 175 Å². The van der Waals surface area contributed by atoms with Gasteiger partial charge in [0, 0.05) is 29.7 Å². The highest BCUT2D eigenvalue weighted by atomic mass is 35.5. The number of nitrogens with one attached hydrogen (secondary N) is 2. The van der Waals surface area contributed by atoms with Crippen LogP contribution in [0.15, 0.2) is 64.6 Å². The van der Waals surface area contributed by atoms with Crippen molar-refractivity contribution in [2.24, 2.45) is 0 Å². The van der Waals surface area contributed by atoms with E-state index in [1.54, 1.807) is 12.4 Å². The fourth-order valence-electron chi connectivity index (χ4n) is 2.85. The Morgan fingerprint density at radius 1 is 1.21 bits per heavy atom. The van der Waals surface area contributed by atoms with E-state index in [9.17, 15) is 12.8 Å². The summed E-state index contributed by atoms with van der Waals surface area (Å²) < 4.78 is 41.7. The van der Waals surface area contributed by atoms with Gasteiger partial charge < -0.3 is 5.32 Å². The van der Waals surface area contributed by atoms with Crippen LogP contribution >= 0.6 is 22.9 Å². The quantitative estimate of drug-likeness (QED) is 0.438. The third-order valence-electron chi connectivity index (χ3n) is 4.23. The van der Waals surface area contributed by atoms with Crippen molar-refractivity contribution in [1.29, 1.82) is 0 Å². The Morgan fingerprint density at radius 2 is 2.07 bits per heavy atom. The maximum absolute atomic E-state index is 14.6. The van der Waals surface area contributed by atoms with E-state index in [4.69, 9.17) is 11.6 Å². The lowest BCUT2D eigenvalue weighted by atomic mass is 10.1. The maximum atomic E-state index is 14.6. The van der Waals surface area contributed by atoms with Gasteiger partial charge in [-0.2, -0.15) is 0 Å². The molecule has 6 nitrogen and oxygen atoms in total. The molecule has 2 heterocycles. The van der Waals surface area contributed by atoms with Gasteiger partial charge in [0.1, 0.15) is 10.7 Å². The molecule has 0 aliphatic heterocycles. The molecule has 0 saturated heterocycles. The molecule has 0 atom stereocenters. The lowest BCUT2D eigenvalue weighted by Gasteiger charge is -2.13. The first-order valence-corrected chi connectivity index (χ1v) is 11.2. The highest BCUT2D eigenvalue weighted by molar-refractivity contribution is 7.92. The molecule has 29 heavy (non-hydrogen) atoms. The molecule has 2 N–H and O–H groups in total. The second-order valence-corrected chi connectivity index (χ2v) is 8.89. The van der Waals surface area contributed by atoms with Crippen molar-refractivity contribution < 1.29 is 12.8 Å². The van der Waals surface area contributed by atoms with Crippen LogP contribution in [0.5, 0.6) is 0 Å². The van der Waals surface area contributed by atoms with Gasteiger partial charge in [-0.3, -0.25) is 9.71 Å². The summed E-state index contributed by atoms with van der Waals surface area (Å²) in [6, 6.07) is 9.88. The molecule has 0 radical (unpaired) electrons. The van der Waals surface area contributed by atoms with E-state index in [-0.39, 0.29) is 16.5 Å². The maximum Gasteiger partial charge on any atom is 0.266 e. The average molecular weight is 449 g/mol. The third kappa shape index (κ3) is 4.16. The molecule has 4 rings (SSSR count). The second kappa shape index (κ2) is 7.94. The van der Waals surface area contributed by atoms with Crippen molar-refractivity contribution in [1.82, 2.24) is 9.97 Å². The summed E-state index contributed by atoms with van der Waals surface area (Å²) in [4.78, 5) is 7.43. The number of aromatic nitrogens is 2. The lowest BCUT2D eigenvalue weighted by molar-refractivity contribution is 0.570. The van der Waals surface area contributed by atoms with Crippen LogP contribution in [0, 0.1) is 5.82 Å². The molecule has 0 spiro atoms. The molecule has 0 saturated carbocycles. The first-order chi connectivity index (χ1) is 13.9.